The Balaban J connectivity index is 2.09. The molecule has 0 aromatic rings. The highest BCUT2D eigenvalue weighted by atomic mass is 16.5. The summed E-state index contributed by atoms with van der Waals surface area (Å²) >= 11 is 0. The van der Waals surface area contributed by atoms with Crippen LogP contribution in [0, 0.1) is 0 Å². The minimum absolute atomic E-state index is 0.0155. The Morgan fingerprint density at radius 3 is 2.76 bits per heavy atom. The molecule has 1 N–H and O–H groups in total. The van der Waals surface area contributed by atoms with Gasteiger partial charge in [-0.1, -0.05) is 6.92 Å². The second kappa shape index (κ2) is 5.87. The fourth-order valence-electron chi connectivity index (χ4n) is 2.75. The maximum Gasteiger partial charge on any atom is 0.112 e. The van der Waals surface area contributed by atoms with Crippen LogP contribution in [0.3, 0.4) is 0 Å². The van der Waals surface area contributed by atoms with Gasteiger partial charge in [-0.15, -0.1) is 0 Å². The van der Waals surface area contributed by atoms with E-state index in [-0.39, 0.29) is 11.6 Å². The molecule has 2 rings (SSSR count). The van der Waals surface area contributed by atoms with Crippen LogP contribution >= 0.6 is 0 Å². The molecule has 0 aromatic heterocycles. The molecule has 0 spiro atoms. The smallest absolute Gasteiger partial charge is 0.112 e. The normalized spacial score (nSPS) is 24.5. The van der Waals surface area contributed by atoms with Gasteiger partial charge in [-0.25, -0.2) is 0 Å². The van der Waals surface area contributed by atoms with Gasteiger partial charge in [-0.2, -0.15) is 0 Å². The lowest BCUT2D eigenvalue weighted by molar-refractivity contribution is -0.101. The van der Waals surface area contributed by atoms with Crippen LogP contribution in [-0.2, 0) is 9.47 Å². The van der Waals surface area contributed by atoms with Crippen molar-refractivity contribution in [3.8, 4) is 0 Å². The van der Waals surface area contributed by atoms with Crippen molar-refractivity contribution in [2.45, 2.75) is 57.1 Å². The lowest BCUT2D eigenvalue weighted by Crippen LogP contribution is -2.58. The van der Waals surface area contributed by atoms with E-state index >= 15 is 0 Å². The van der Waals surface area contributed by atoms with Gasteiger partial charge >= 0.3 is 0 Å². The van der Waals surface area contributed by atoms with Crippen LogP contribution in [0.15, 0.2) is 11.8 Å². The number of nitrogens with one attached hydrogen (secondary N) is 1. The minimum atomic E-state index is -0.0155. The summed E-state index contributed by atoms with van der Waals surface area (Å²) in [5, 5.41) is 3.61. The third-order valence-corrected chi connectivity index (χ3v) is 3.98. The molecule has 1 aliphatic heterocycles. The molecule has 0 saturated heterocycles. The summed E-state index contributed by atoms with van der Waals surface area (Å²) in [6, 6.07) is 0.251. The molecular formula is C14H25NO2. The molecule has 17 heavy (non-hydrogen) atoms. The third kappa shape index (κ3) is 2.66. The SMILES string of the molecule is CCCNC(C1=CCCCO1)C1(OC)CCC1. The van der Waals surface area contributed by atoms with E-state index < -0.39 is 0 Å². The highest BCUT2D eigenvalue weighted by molar-refractivity contribution is 5.16. The molecule has 1 heterocycles. The van der Waals surface area contributed by atoms with Crippen LogP contribution < -0.4 is 5.32 Å². The second-order valence-electron chi connectivity index (χ2n) is 5.11. The second-order valence-corrected chi connectivity index (χ2v) is 5.11. The van der Waals surface area contributed by atoms with E-state index in [4.69, 9.17) is 9.47 Å². The molecule has 1 fully saturated rings. The third-order valence-electron chi connectivity index (χ3n) is 3.98. The molecule has 1 atom stereocenters. The zero-order valence-electron chi connectivity index (χ0n) is 11.1. The van der Waals surface area contributed by atoms with Gasteiger partial charge in [-0.05, 0) is 51.1 Å². The van der Waals surface area contributed by atoms with Crippen LogP contribution in [0.1, 0.15) is 45.4 Å². The van der Waals surface area contributed by atoms with Gasteiger partial charge in [0.05, 0.1) is 18.2 Å². The number of methoxy groups -OCH3 is 1. The highest BCUT2D eigenvalue weighted by Crippen LogP contribution is 2.41. The van der Waals surface area contributed by atoms with E-state index in [1.54, 1.807) is 0 Å². The fraction of sp³-hybridized carbons (Fsp3) is 0.857. The first-order chi connectivity index (χ1) is 8.32. The number of rotatable bonds is 6. The van der Waals surface area contributed by atoms with Crippen LogP contribution in [0.25, 0.3) is 0 Å². The van der Waals surface area contributed by atoms with Gasteiger partial charge in [0.2, 0.25) is 0 Å². The van der Waals surface area contributed by atoms with E-state index in [1.165, 1.54) is 6.42 Å². The summed E-state index contributed by atoms with van der Waals surface area (Å²) in [7, 11) is 1.84. The van der Waals surface area contributed by atoms with Crippen molar-refractivity contribution in [3.63, 3.8) is 0 Å². The van der Waals surface area contributed by atoms with Crippen molar-refractivity contribution in [3.05, 3.63) is 11.8 Å². The predicted octanol–water partition coefficient (Wildman–Crippen LogP) is 2.62. The van der Waals surface area contributed by atoms with Crippen molar-refractivity contribution >= 4 is 0 Å². The van der Waals surface area contributed by atoms with Crippen LogP contribution in [0.2, 0.25) is 0 Å². The predicted molar refractivity (Wildman–Crippen MR) is 68.9 cm³/mol. The topological polar surface area (TPSA) is 30.5 Å². The molecule has 1 aliphatic carbocycles. The first-order valence-electron chi connectivity index (χ1n) is 6.94. The Kier molecular flexibility index (Phi) is 4.46. The molecule has 0 aromatic carbocycles. The summed E-state index contributed by atoms with van der Waals surface area (Å²) < 4.78 is 11.6. The van der Waals surface area contributed by atoms with Gasteiger partial charge in [0, 0.05) is 7.11 Å². The lowest BCUT2D eigenvalue weighted by Gasteiger charge is -2.47. The molecule has 3 heteroatoms. The fourth-order valence-corrected chi connectivity index (χ4v) is 2.75. The van der Waals surface area contributed by atoms with E-state index in [0.29, 0.717) is 0 Å². The average molecular weight is 239 g/mol. The Bertz CT molecular complexity index is 266. The van der Waals surface area contributed by atoms with Crippen molar-refractivity contribution in [1.29, 1.82) is 0 Å². The molecule has 1 unspecified atom stereocenters. The lowest BCUT2D eigenvalue weighted by atomic mass is 9.73. The molecule has 3 nitrogen and oxygen atoms in total. The Morgan fingerprint density at radius 2 is 2.29 bits per heavy atom. The number of allylic oxidation sites excluding steroid dienone is 1. The minimum Gasteiger partial charge on any atom is -0.496 e. The zero-order valence-corrected chi connectivity index (χ0v) is 11.1. The van der Waals surface area contributed by atoms with Crippen LogP contribution in [0.4, 0.5) is 0 Å². The summed E-state index contributed by atoms with van der Waals surface area (Å²) in [5.74, 6) is 1.12. The van der Waals surface area contributed by atoms with Crippen molar-refractivity contribution in [2.75, 3.05) is 20.3 Å². The zero-order chi connectivity index (χ0) is 12.1. The number of hydrogen-bond donors (Lipinski definition) is 1. The number of ether oxygens (including phenoxy) is 2. The molecule has 98 valence electrons. The van der Waals surface area contributed by atoms with Crippen LogP contribution in [0.5, 0.6) is 0 Å². The summed E-state index contributed by atoms with van der Waals surface area (Å²) in [6.45, 7) is 4.08. The summed E-state index contributed by atoms with van der Waals surface area (Å²) in [6.07, 6.45) is 9.23. The van der Waals surface area contributed by atoms with Gasteiger partial charge in [0.1, 0.15) is 5.76 Å². The Labute approximate surface area is 105 Å². The molecule has 0 amide bonds. The van der Waals surface area contributed by atoms with Crippen LogP contribution in [-0.4, -0.2) is 31.9 Å². The van der Waals surface area contributed by atoms with Gasteiger partial charge in [0.15, 0.2) is 0 Å². The summed E-state index contributed by atoms with van der Waals surface area (Å²) in [4.78, 5) is 0. The van der Waals surface area contributed by atoms with E-state index in [9.17, 15) is 0 Å². The van der Waals surface area contributed by atoms with Crippen molar-refractivity contribution in [2.24, 2.45) is 0 Å². The largest absolute Gasteiger partial charge is 0.496 e. The van der Waals surface area contributed by atoms with Crippen molar-refractivity contribution in [1.82, 2.24) is 5.32 Å². The first kappa shape index (κ1) is 12.9. The molecule has 0 bridgehead atoms. The van der Waals surface area contributed by atoms with Gasteiger partial charge < -0.3 is 14.8 Å². The Hall–Kier alpha value is -0.540. The van der Waals surface area contributed by atoms with E-state index in [0.717, 1.165) is 51.0 Å². The summed E-state index contributed by atoms with van der Waals surface area (Å²) in [5.41, 5.74) is -0.0155. The molecule has 1 saturated carbocycles. The van der Waals surface area contributed by atoms with Gasteiger partial charge in [0.25, 0.3) is 0 Å². The van der Waals surface area contributed by atoms with Crippen molar-refractivity contribution < 1.29 is 9.47 Å². The quantitative estimate of drug-likeness (QED) is 0.773. The maximum absolute atomic E-state index is 5.84. The standard InChI is InChI=1S/C14H25NO2/c1-3-10-15-13(12-7-4-5-11-17-12)14(16-2)8-6-9-14/h7,13,15H,3-6,8-11H2,1-2H3. The number of hydrogen-bond acceptors (Lipinski definition) is 3. The average Bonchev–Trinajstić information content (AvgIpc) is 2.33. The molecular weight excluding hydrogens is 214 g/mol. The Morgan fingerprint density at radius 1 is 1.47 bits per heavy atom. The maximum atomic E-state index is 5.84. The highest BCUT2D eigenvalue weighted by Gasteiger charge is 2.46. The first-order valence-corrected chi connectivity index (χ1v) is 6.94. The molecule has 2 aliphatic rings. The molecule has 0 radical (unpaired) electrons. The van der Waals surface area contributed by atoms with Gasteiger partial charge in [-0.3, -0.25) is 0 Å². The monoisotopic (exact) mass is 239 g/mol. The van der Waals surface area contributed by atoms with E-state index in [2.05, 4.69) is 18.3 Å². The van der Waals surface area contributed by atoms with E-state index in [1.807, 2.05) is 7.11 Å².